The summed E-state index contributed by atoms with van der Waals surface area (Å²) in [5.41, 5.74) is 6.98. The summed E-state index contributed by atoms with van der Waals surface area (Å²) in [6.07, 6.45) is 2.47. The van der Waals surface area contributed by atoms with Gasteiger partial charge in [-0.05, 0) is 26.0 Å². The number of aromatic nitrogens is 2. The Labute approximate surface area is 87.7 Å². The quantitative estimate of drug-likeness (QED) is 0.814. The van der Waals surface area contributed by atoms with E-state index in [1.807, 2.05) is 20.0 Å². The maximum absolute atomic E-state index is 13.5. The Morgan fingerprint density at radius 2 is 2.33 bits per heavy atom. The molecule has 2 N–H and O–H groups in total. The van der Waals surface area contributed by atoms with Gasteiger partial charge in [0.15, 0.2) is 0 Å². The summed E-state index contributed by atoms with van der Waals surface area (Å²) in [7, 11) is 0. The second-order valence-electron chi connectivity index (χ2n) is 3.87. The lowest BCUT2D eigenvalue weighted by molar-refractivity contribution is 0.630. The van der Waals surface area contributed by atoms with Crippen LogP contribution in [0.15, 0.2) is 18.3 Å². The van der Waals surface area contributed by atoms with Gasteiger partial charge in [-0.1, -0.05) is 0 Å². The topological polar surface area (TPSA) is 43.3 Å². The SMILES string of the molecule is Cc1nc(CC(C)N)n2cccc(F)c12. The van der Waals surface area contributed by atoms with Crippen LogP contribution in [0.3, 0.4) is 0 Å². The van der Waals surface area contributed by atoms with Crippen LogP contribution in [0, 0.1) is 12.7 Å². The molecular weight excluding hydrogens is 193 g/mol. The molecule has 0 bridgehead atoms. The minimum atomic E-state index is -0.238. The van der Waals surface area contributed by atoms with Crippen molar-refractivity contribution < 1.29 is 4.39 Å². The molecule has 0 fully saturated rings. The molecule has 2 heterocycles. The number of rotatable bonds is 2. The third-order valence-electron chi connectivity index (χ3n) is 2.37. The average molecular weight is 207 g/mol. The number of hydrogen-bond acceptors (Lipinski definition) is 2. The van der Waals surface area contributed by atoms with Crippen LogP contribution in [0.1, 0.15) is 18.4 Å². The molecule has 0 aliphatic heterocycles. The second kappa shape index (κ2) is 3.62. The van der Waals surface area contributed by atoms with E-state index in [1.165, 1.54) is 6.07 Å². The van der Waals surface area contributed by atoms with Gasteiger partial charge in [0, 0.05) is 18.7 Å². The lowest BCUT2D eigenvalue weighted by Crippen LogP contribution is -2.19. The van der Waals surface area contributed by atoms with Gasteiger partial charge < -0.3 is 10.1 Å². The number of imidazole rings is 1. The molecule has 3 nitrogen and oxygen atoms in total. The second-order valence-corrected chi connectivity index (χ2v) is 3.87. The van der Waals surface area contributed by atoms with Crippen molar-refractivity contribution in [1.82, 2.24) is 9.38 Å². The van der Waals surface area contributed by atoms with Crippen molar-refractivity contribution in [1.29, 1.82) is 0 Å². The molecule has 0 amide bonds. The molecule has 0 aliphatic rings. The number of nitrogens with two attached hydrogens (primary N) is 1. The lowest BCUT2D eigenvalue weighted by atomic mass is 10.2. The van der Waals surface area contributed by atoms with Gasteiger partial charge in [0.25, 0.3) is 0 Å². The Bertz CT molecular complexity index is 488. The normalized spacial score (nSPS) is 13.3. The number of fused-ring (bicyclic) bond motifs is 1. The van der Waals surface area contributed by atoms with Gasteiger partial charge in [-0.15, -0.1) is 0 Å². The van der Waals surface area contributed by atoms with Gasteiger partial charge in [0.2, 0.25) is 0 Å². The maximum atomic E-state index is 13.5. The van der Waals surface area contributed by atoms with Crippen molar-refractivity contribution >= 4 is 5.52 Å². The van der Waals surface area contributed by atoms with Crippen molar-refractivity contribution in [2.24, 2.45) is 5.73 Å². The highest BCUT2D eigenvalue weighted by Gasteiger charge is 2.12. The largest absolute Gasteiger partial charge is 0.328 e. The van der Waals surface area contributed by atoms with E-state index in [9.17, 15) is 4.39 Å². The van der Waals surface area contributed by atoms with E-state index < -0.39 is 0 Å². The summed E-state index contributed by atoms with van der Waals surface area (Å²) in [6.45, 7) is 3.72. The number of nitrogens with zero attached hydrogens (tertiary/aromatic N) is 2. The minimum Gasteiger partial charge on any atom is -0.328 e. The lowest BCUT2D eigenvalue weighted by Gasteiger charge is -2.03. The molecule has 2 rings (SSSR count). The fourth-order valence-corrected chi connectivity index (χ4v) is 1.78. The molecule has 0 aromatic carbocycles. The molecule has 1 unspecified atom stereocenters. The maximum Gasteiger partial charge on any atom is 0.149 e. The Morgan fingerprint density at radius 1 is 1.60 bits per heavy atom. The summed E-state index contributed by atoms with van der Waals surface area (Å²) < 4.78 is 15.3. The smallest absolute Gasteiger partial charge is 0.149 e. The molecule has 15 heavy (non-hydrogen) atoms. The van der Waals surface area contributed by atoms with Crippen LogP contribution in [-0.2, 0) is 6.42 Å². The predicted octanol–water partition coefficient (Wildman–Crippen LogP) is 1.67. The Hall–Kier alpha value is -1.42. The summed E-state index contributed by atoms with van der Waals surface area (Å²) in [5, 5.41) is 0. The van der Waals surface area contributed by atoms with Crippen LogP contribution in [0.4, 0.5) is 4.39 Å². The van der Waals surface area contributed by atoms with Crippen molar-refractivity contribution in [2.75, 3.05) is 0 Å². The van der Waals surface area contributed by atoms with E-state index in [0.29, 0.717) is 17.6 Å². The molecule has 4 heteroatoms. The van der Waals surface area contributed by atoms with E-state index in [4.69, 9.17) is 5.73 Å². The molecule has 2 aromatic rings. The zero-order valence-corrected chi connectivity index (χ0v) is 8.87. The monoisotopic (exact) mass is 207 g/mol. The van der Waals surface area contributed by atoms with Gasteiger partial charge in [-0.3, -0.25) is 0 Å². The summed E-state index contributed by atoms with van der Waals surface area (Å²) in [6, 6.07) is 3.15. The highest BCUT2D eigenvalue weighted by Crippen LogP contribution is 2.16. The van der Waals surface area contributed by atoms with E-state index >= 15 is 0 Å². The van der Waals surface area contributed by atoms with E-state index in [2.05, 4.69) is 4.98 Å². The summed E-state index contributed by atoms with van der Waals surface area (Å²) in [4.78, 5) is 4.33. The Morgan fingerprint density at radius 3 is 3.00 bits per heavy atom. The average Bonchev–Trinajstić information content (AvgIpc) is 2.44. The minimum absolute atomic E-state index is 0.0262. The first-order chi connectivity index (χ1) is 7.09. The number of pyridine rings is 1. The molecule has 1 atom stereocenters. The van der Waals surface area contributed by atoms with Gasteiger partial charge in [0.1, 0.15) is 17.2 Å². The standard InChI is InChI=1S/C11H14FN3/c1-7(13)6-10-14-8(2)11-9(12)4-3-5-15(10)11/h3-5,7H,6,13H2,1-2H3. The predicted molar refractivity (Wildman–Crippen MR) is 57.2 cm³/mol. The molecule has 0 saturated heterocycles. The molecule has 0 spiro atoms. The van der Waals surface area contributed by atoms with E-state index in [1.54, 1.807) is 10.5 Å². The number of aryl methyl sites for hydroxylation is 1. The molecular formula is C11H14FN3. The summed E-state index contributed by atoms with van der Waals surface area (Å²) >= 11 is 0. The van der Waals surface area contributed by atoms with Crippen LogP contribution in [0.25, 0.3) is 5.52 Å². The first-order valence-corrected chi connectivity index (χ1v) is 4.97. The highest BCUT2D eigenvalue weighted by atomic mass is 19.1. The van der Waals surface area contributed by atoms with Crippen LogP contribution in [-0.4, -0.2) is 15.4 Å². The van der Waals surface area contributed by atoms with Crippen molar-refractivity contribution in [3.63, 3.8) is 0 Å². The van der Waals surface area contributed by atoms with Crippen molar-refractivity contribution in [3.8, 4) is 0 Å². The molecule has 2 aromatic heterocycles. The molecule has 0 aliphatic carbocycles. The van der Waals surface area contributed by atoms with Crippen LogP contribution in [0.5, 0.6) is 0 Å². The zero-order chi connectivity index (χ0) is 11.0. The first kappa shape index (κ1) is 10.1. The van der Waals surface area contributed by atoms with Gasteiger partial charge in [0.05, 0.1) is 5.69 Å². The summed E-state index contributed by atoms with van der Waals surface area (Å²) in [5.74, 6) is 0.579. The third kappa shape index (κ3) is 1.72. The van der Waals surface area contributed by atoms with E-state index in [-0.39, 0.29) is 11.9 Å². The molecule has 0 saturated carbocycles. The van der Waals surface area contributed by atoms with Crippen LogP contribution in [0.2, 0.25) is 0 Å². The van der Waals surface area contributed by atoms with Crippen molar-refractivity contribution in [3.05, 3.63) is 35.7 Å². The number of hydrogen-bond donors (Lipinski definition) is 1. The Balaban J connectivity index is 2.63. The number of halogens is 1. The molecule has 80 valence electrons. The highest BCUT2D eigenvalue weighted by molar-refractivity contribution is 5.53. The molecule has 0 radical (unpaired) electrons. The van der Waals surface area contributed by atoms with Gasteiger partial charge in [-0.25, -0.2) is 9.37 Å². The first-order valence-electron chi connectivity index (χ1n) is 4.97. The van der Waals surface area contributed by atoms with E-state index in [0.717, 1.165) is 5.82 Å². The zero-order valence-electron chi connectivity index (χ0n) is 8.87. The fraction of sp³-hybridized carbons (Fsp3) is 0.364. The third-order valence-corrected chi connectivity index (χ3v) is 2.37. The van der Waals surface area contributed by atoms with Crippen molar-refractivity contribution in [2.45, 2.75) is 26.3 Å². The van der Waals surface area contributed by atoms with Gasteiger partial charge in [-0.2, -0.15) is 0 Å². The fourth-order valence-electron chi connectivity index (χ4n) is 1.78. The van der Waals surface area contributed by atoms with Crippen LogP contribution >= 0.6 is 0 Å². The van der Waals surface area contributed by atoms with Crippen LogP contribution < -0.4 is 5.73 Å². The van der Waals surface area contributed by atoms with Gasteiger partial charge >= 0.3 is 0 Å². The Kier molecular flexibility index (Phi) is 2.44.